The lowest BCUT2D eigenvalue weighted by Gasteiger charge is -2.31. The molecule has 0 aliphatic heterocycles. The summed E-state index contributed by atoms with van der Waals surface area (Å²) in [5.41, 5.74) is 0.169. The van der Waals surface area contributed by atoms with E-state index in [9.17, 15) is 30.8 Å². The second-order valence-electron chi connectivity index (χ2n) is 7.97. The number of methoxy groups -OCH3 is 1. The first-order valence-electron chi connectivity index (χ1n) is 9.64. The van der Waals surface area contributed by atoms with Crippen molar-refractivity contribution < 1.29 is 35.5 Å². The summed E-state index contributed by atoms with van der Waals surface area (Å²) < 4.78 is 84.3. The molecular weight excluding hydrogens is 454 g/mol. The van der Waals surface area contributed by atoms with Gasteiger partial charge < -0.3 is 10.1 Å². The normalized spacial score (nSPS) is 26.2. The Bertz CT molecular complexity index is 1190. The predicted molar refractivity (Wildman–Crippen MR) is 105 cm³/mol. The third-order valence-corrected chi connectivity index (χ3v) is 6.99. The Morgan fingerprint density at radius 2 is 1.91 bits per heavy atom. The fraction of sp³-hybridized carbons (Fsp3) is 0.400. The number of anilines is 1. The number of amides is 1. The molecule has 0 spiro atoms. The van der Waals surface area contributed by atoms with Crippen molar-refractivity contribution in [1.29, 1.82) is 0 Å². The summed E-state index contributed by atoms with van der Waals surface area (Å²) >= 11 is 0. The van der Waals surface area contributed by atoms with Crippen LogP contribution in [-0.4, -0.2) is 32.3 Å². The van der Waals surface area contributed by atoms with Crippen molar-refractivity contribution in [2.75, 3.05) is 12.4 Å². The van der Waals surface area contributed by atoms with Crippen LogP contribution in [0.1, 0.15) is 24.3 Å². The van der Waals surface area contributed by atoms with Crippen LogP contribution in [0.2, 0.25) is 0 Å². The first-order chi connectivity index (χ1) is 14.9. The molecule has 1 heterocycles. The van der Waals surface area contributed by atoms with E-state index in [1.165, 1.54) is 12.1 Å². The molecule has 2 aliphatic carbocycles. The van der Waals surface area contributed by atoms with E-state index in [1.807, 2.05) is 0 Å². The third kappa shape index (κ3) is 3.81. The summed E-state index contributed by atoms with van der Waals surface area (Å²) in [5.74, 6) is -10.3. The molecule has 2 fully saturated rings. The smallest absolute Gasteiger partial charge is 0.255 e. The molecule has 3 N–H and O–H groups in total. The Balaban J connectivity index is 1.68. The molecule has 0 bridgehead atoms. The van der Waals surface area contributed by atoms with Gasteiger partial charge in [0.1, 0.15) is 0 Å². The second kappa shape index (κ2) is 7.69. The Hall–Kier alpha value is -2.73. The molecule has 12 heteroatoms. The number of sulfonamides is 1. The number of carbonyl (C=O) groups is 1. The number of benzene rings is 1. The van der Waals surface area contributed by atoms with Gasteiger partial charge in [0.05, 0.1) is 7.11 Å². The van der Waals surface area contributed by atoms with Crippen molar-refractivity contribution in [3.63, 3.8) is 0 Å². The van der Waals surface area contributed by atoms with Crippen molar-refractivity contribution in [2.24, 2.45) is 22.9 Å². The highest BCUT2D eigenvalue weighted by Crippen LogP contribution is 2.66. The molecule has 2 aromatic rings. The van der Waals surface area contributed by atoms with Crippen LogP contribution < -0.4 is 15.2 Å². The SMILES string of the molecule is COc1c([C@@H]2C[C@H]3C(CC2C(=O)Nc2ccnc(S(N)(=O)=O)c2)C3(F)F)ccc(F)c1F. The number of hydrogen-bond donors (Lipinski definition) is 2. The van der Waals surface area contributed by atoms with E-state index < -0.39 is 67.9 Å². The van der Waals surface area contributed by atoms with E-state index >= 15 is 0 Å². The number of nitrogens with one attached hydrogen (secondary N) is 1. The van der Waals surface area contributed by atoms with Crippen LogP contribution in [0.3, 0.4) is 0 Å². The van der Waals surface area contributed by atoms with Gasteiger partial charge in [0, 0.05) is 41.3 Å². The number of primary sulfonamides is 1. The Morgan fingerprint density at radius 3 is 2.56 bits per heavy atom. The number of fused-ring (bicyclic) bond motifs is 1. The standard InChI is InChI=1S/C20H19F4N3O4S/c1-31-18-10(2-3-15(21)17(18)22)11-7-13-14(20(13,23)24)8-12(11)19(28)27-9-4-5-26-16(6-9)32(25,29)30/h2-6,11-14H,7-8H2,1H3,(H2,25,29,30)(H,26,27,28)/t11-,12?,13-,14?/m0/s1. The minimum Gasteiger partial charge on any atom is -0.493 e. The monoisotopic (exact) mass is 473 g/mol. The molecular formula is C20H19F4N3O4S. The number of nitrogens with two attached hydrogens (primary N) is 1. The topological polar surface area (TPSA) is 111 Å². The first-order valence-corrected chi connectivity index (χ1v) is 11.2. The number of aromatic nitrogens is 1. The van der Waals surface area contributed by atoms with E-state index in [-0.39, 0.29) is 24.1 Å². The summed E-state index contributed by atoms with van der Waals surface area (Å²) in [5, 5.41) is 7.06. The largest absolute Gasteiger partial charge is 0.493 e. The number of nitrogens with zero attached hydrogens (tertiary/aromatic N) is 1. The summed E-state index contributed by atoms with van der Waals surface area (Å²) in [7, 11) is -3.01. The van der Waals surface area contributed by atoms with Crippen molar-refractivity contribution in [3.05, 3.63) is 47.7 Å². The molecule has 2 aliphatic rings. The van der Waals surface area contributed by atoms with Gasteiger partial charge in [-0.25, -0.2) is 31.7 Å². The van der Waals surface area contributed by atoms with Crippen LogP contribution in [0.25, 0.3) is 0 Å². The lowest BCUT2D eigenvalue weighted by molar-refractivity contribution is -0.121. The van der Waals surface area contributed by atoms with Gasteiger partial charge in [0.2, 0.25) is 11.7 Å². The van der Waals surface area contributed by atoms with Crippen LogP contribution in [0.4, 0.5) is 23.2 Å². The maximum Gasteiger partial charge on any atom is 0.255 e. The summed E-state index contributed by atoms with van der Waals surface area (Å²) in [6.07, 6.45) is 0.830. The van der Waals surface area contributed by atoms with E-state index in [0.717, 1.165) is 25.4 Å². The van der Waals surface area contributed by atoms with Gasteiger partial charge in [0.15, 0.2) is 16.6 Å². The van der Waals surface area contributed by atoms with Gasteiger partial charge in [-0.3, -0.25) is 4.79 Å². The Labute approximate surface area is 181 Å². The highest BCUT2D eigenvalue weighted by Gasteiger charge is 2.71. The number of alkyl halides is 2. The number of halogens is 4. The quantitative estimate of drug-likeness (QED) is 0.649. The average molecular weight is 473 g/mol. The van der Waals surface area contributed by atoms with Crippen LogP contribution in [-0.2, 0) is 14.8 Å². The van der Waals surface area contributed by atoms with Crippen molar-refractivity contribution in [2.45, 2.75) is 29.7 Å². The van der Waals surface area contributed by atoms with Crippen molar-refractivity contribution >= 4 is 21.6 Å². The van der Waals surface area contributed by atoms with Crippen LogP contribution >= 0.6 is 0 Å². The molecule has 4 rings (SSSR count). The van der Waals surface area contributed by atoms with E-state index in [1.54, 1.807) is 0 Å². The molecule has 2 unspecified atom stereocenters. The second-order valence-corrected chi connectivity index (χ2v) is 9.48. The first kappa shape index (κ1) is 22.5. The molecule has 172 valence electrons. The molecule has 7 nitrogen and oxygen atoms in total. The zero-order valence-electron chi connectivity index (χ0n) is 16.7. The van der Waals surface area contributed by atoms with E-state index in [2.05, 4.69) is 10.3 Å². The van der Waals surface area contributed by atoms with Gasteiger partial charge >= 0.3 is 0 Å². The highest BCUT2D eigenvalue weighted by molar-refractivity contribution is 7.89. The molecule has 4 atom stereocenters. The molecule has 1 aromatic carbocycles. The summed E-state index contributed by atoms with van der Waals surface area (Å²) in [6, 6.07) is 4.45. The zero-order chi connectivity index (χ0) is 23.4. The Morgan fingerprint density at radius 1 is 1.22 bits per heavy atom. The molecule has 0 radical (unpaired) electrons. The van der Waals surface area contributed by atoms with Gasteiger partial charge in [-0.15, -0.1) is 0 Å². The summed E-state index contributed by atoms with van der Waals surface area (Å²) in [4.78, 5) is 16.7. The van der Waals surface area contributed by atoms with Crippen molar-refractivity contribution in [3.8, 4) is 5.75 Å². The predicted octanol–water partition coefficient (Wildman–Crippen LogP) is 3.03. The average Bonchev–Trinajstić information content (AvgIpc) is 3.28. The maximum absolute atomic E-state index is 14.3. The van der Waals surface area contributed by atoms with Crippen LogP contribution in [0.15, 0.2) is 35.5 Å². The number of ether oxygens (including phenoxy) is 1. The van der Waals surface area contributed by atoms with E-state index in [0.29, 0.717) is 0 Å². The number of carbonyl (C=O) groups excluding carboxylic acids is 1. The fourth-order valence-corrected chi connectivity index (χ4v) is 5.04. The Kier molecular flexibility index (Phi) is 5.40. The minimum absolute atomic E-state index is 0.0507. The zero-order valence-corrected chi connectivity index (χ0v) is 17.5. The number of rotatable bonds is 5. The fourth-order valence-electron chi connectivity index (χ4n) is 4.54. The highest BCUT2D eigenvalue weighted by atomic mass is 32.2. The van der Waals surface area contributed by atoms with Gasteiger partial charge in [-0.05, 0) is 30.9 Å². The van der Waals surface area contributed by atoms with E-state index in [4.69, 9.17) is 9.88 Å². The molecule has 2 saturated carbocycles. The minimum atomic E-state index is -4.13. The van der Waals surface area contributed by atoms with Crippen LogP contribution in [0, 0.1) is 29.4 Å². The lowest BCUT2D eigenvalue weighted by Crippen LogP contribution is -2.32. The molecule has 1 aromatic heterocycles. The van der Waals surface area contributed by atoms with Gasteiger partial charge in [-0.1, -0.05) is 6.07 Å². The molecule has 32 heavy (non-hydrogen) atoms. The third-order valence-electron chi connectivity index (χ3n) is 6.18. The van der Waals surface area contributed by atoms with Crippen molar-refractivity contribution in [1.82, 2.24) is 4.98 Å². The lowest BCUT2D eigenvalue weighted by atomic mass is 9.74. The summed E-state index contributed by atoms with van der Waals surface area (Å²) in [6.45, 7) is 0. The number of pyridine rings is 1. The molecule has 0 saturated heterocycles. The molecule has 1 amide bonds. The van der Waals surface area contributed by atoms with Gasteiger partial charge in [0.25, 0.3) is 15.9 Å². The van der Waals surface area contributed by atoms with Crippen LogP contribution in [0.5, 0.6) is 5.75 Å². The maximum atomic E-state index is 14.3. The number of hydrogen-bond acceptors (Lipinski definition) is 5. The van der Waals surface area contributed by atoms with Gasteiger partial charge in [-0.2, -0.15) is 4.39 Å².